The smallest absolute Gasteiger partial charge is 0.221 e. The zero-order chi connectivity index (χ0) is 11.7. The highest BCUT2D eigenvalue weighted by Crippen LogP contribution is 2.20. The number of nitrogen functional groups attached to an aromatic ring is 1. The van der Waals surface area contributed by atoms with Crippen molar-refractivity contribution >= 4 is 11.8 Å². The second-order valence-corrected chi connectivity index (χ2v) is 4.51. The second-order valence-electron chi connectivity index (χ2n) is 4.51. The van der Waals surface area contributed by atoms with Crippen LogP contribution in [0.25, 0.3) is 0 Å². The highest BCUT2D eigenvalue weighted by atomic mass is 15.3. The summed E-state index contributed by atoms with van der Waals surface area (Å²) in [5.41, 5.74) is 6.73. The lowest BCUT2D eigenvalue weighted by Gasteiger charge is -2.38. The average Bonchev–Trinajstić information content (AvgIpc) is 2.26. The molecule has 2 heterocycles. The molecule has 1 unspecified atom stereocenters. The van der Waals surface area contributed by atoms with Gasteiger partial charge in [0.15, 0.2) is 0 Å². The first-order chi connectivity index (χ1) is 7.58. The number of anilines is 2. The molecule has 1 aromatic heterocycles. The van der Waals surface area contributed by atoms with Gasteiger partial charge in [0.25, 0.3) is 0 Å². The van der Waals surface area contributed by atoms with Gasteiger partial charge < -0.3 is 15.5 Å². The van der Waals surface area contributed by atoms with Gasteiger partial charge in [-0.15, -0.1) is 0 Å². The maximum Gasteiger partial charge on any atom is 0.221 e. The third-order valence-corrected chi connectivity index (χ3v) is 3.22. The van der Waals surface area contributed by atoms with Gasteiger partial charge in [-0.2, -0.15) is 4.98 Å². The Hall–Kier alpha value is -1.36. The van der Waals surface area contributed by atoms with Crippen LogP contribution in [0.5, 0.6) is 0 Å². The molecule has 1 saturated heterocycles. The number of likely N-dealkylation sites (N-methyl/N-ethyl adjacent to an activating group) is 1. The van der Waals surface area contributed by atoms with Gasteiger partial charge in [0.1, 0.15) is 5.82 Å². The Bertz CT molecular complexity index is 379. The maximum absolute atomic E-state index is 5.64. The van der Waals surface area contributed by atoms with E-state index in [-0.39, 0.29) is 0 Å². The van der Waals surface area contributed by atoms with Crippen molar-refractivity contribution in [2.24, 2.45) is 0 Å². The van der Waals surface area contributed by atoms with E-state index in [1.165, 1.54) is 0 Å². The van der Waals surface area contributed by atoms with E-state index >= 15 is 0 Å². The van der Waals surface area contributed by atoms with Crippen LogP contribution in [0.2, 0.25) is 0 Å². The Kier molecular flexibility index (Phi) is 2.96. The number of nitrogens with two attached hydrogens (primary N) is 1. The topological polar surface area (TPSA) is 58.3 Å². The molecule has 16 heavy (non-hydrogen) atoms. The third-order valence-electron chi connectivity index (χ3n) is 3.22. The molecule has 0 aliphatic carbocycles. The van der Waals surface area contributed by atoms with Gasteiger partial charge in [0.2, 0.25) is 5.95 Å². The van der Waals surface area contributed by atoms with Crippen molar-refractivity contribution in [3.63, 3.8) is 0 Å². The molecule has 5 heteroatoms. The van der Waals surface area contributed by atoms with Crippen LogP contribution in [0.3, 0.4) is 0 Å². The van der Waals surface area contributed by atoms with Gasteiger partial charge in [-0.1, -0.05) is 0 Å². The highest BCUT2D eigenvalue weighted by Gasteiger charge is 2.22. The second kappa shape index (κ2) is 4.25. The van der Waals surface area contributed by atoms with Gasteiger partial charge in [0.05, 0.1) is 0 Å². The molecule has 0 bridgehead atoms. The molecular formula is C11H19N5. The zero-order valence-electron chi connectivity index (χ0n) is 10.1. The minimum Gasteiger partial charge on any atom is -0.368 e. The Morgan fingerprint density at radius 3 is 2.88 bits per heavy atom. The molecular weight excluding hydrogens is 202 g/mol. The SMILES string of the molecule is Cc1cnc(N)nc1N1CCN(C)C(C)C1. The highest BCUT2D eigenvalue weighted by molar-refractivity contribution is 5.48. The predicted molar refractivity (Wildman–Crippen MR) is 65.5 cm³/mol. The van der Waals surface area contributed by atoms with Gasteiger partial charge in [-0.05, 0) is 20.9 Å². The molecule has 2 rings (SSSR count). The fraction of sp³-hybridized carbons (Fsp3) is 0.636. The first kappa shape index (κ1) is 11.1. The third kappa shape index (κ3) is 2.09. The van der Waals surface area contributed by atoms with E-state index in [1.807, 2.05) is 6.92 Å². The standard InChI is InChI=1S/C11H19N5/c1-8-6-13-11(12)14-10(8)16-5-4-15(3)9(2)7-16/h6,9H,4-5,7H2,1-3H3,(H2,12,13,14). The summed E-state index contributed by atoms with van der Waals surface area (Å²) in [5.74, 6) is 1.33. The van der Waals surface area contributed by atoms with E-state index in [9.17, 15) is 0 Å². The molecule has 1 fully saturated rings. The van der Waals surface area contributed by atoms with Crippen LogP contribution in [0.4, 0.5) is 11.8 Å². The molecule has 5 nitrogen and oxygen atoms in total. The minimum atomic E-state index is 0.354. The van der Waals surface area contributed by atoms with E-state index in [2.05, 4.69) is 33.7 Å². The summed E-state index contributed by atoms with van der Waals surface area (Å²) in [6, 6.07) is 0.546. The van der Waals surface area contributed by atoms with Crippen molar-refractivity contribution in [2.45, 2.75) is 19.9 Å². The van der Waals surface area contributed by atoms with Crippen LogP contribution >= 0.6 is 0 Å². The first-order valence-corrected chi connectivity index (χ1v) is 5.62. The Labute approximate surface area is 96.3 Å². The van der Waals surface area contributed by atoms with Crippen LogP contribution in [0, 0.1) is 6.92 Å². The van der Waals surface area contributed by atoms with Crippen LogP contribution in [-0.4, -0.2) is 47.6 Å². The number of piperazine rings is 1. The van der Waals surface area contributed by atoms with Crippen molar-refractivity contribution in [3.05, 3.63) is 11.8 Å². The number of hydrogen-bond acceptors (Lipinski definition) is 5. The number of nitrogens with zero attached hydrogens (tertiary/aromatic N) is 4. The summed E-state index contributed by atoms with van der Waals surface area (Å²) in [5, 5.41) is 0. The van der Waals surface area contributed by atoms with Crippen LogP contribution in [0.15, 0.2) is 6.20 Å². The lowest BCUT2D eigenvalue weighted by atomic mass is 10.2. The van der Waals surface area contributed by atoms with Crippen molar-refractivity contribution in [1.29, 1.82) is 0 Å². The molecule has 1 atom stereocenters. The quantitative estimate of drug-likeness (QED) is 0.748. The normalized spacial score (nSPS) is 22.4. The molecule has 1 aliphatic rings. The van der Waals surface area contributed by atoms with Crippen molar-refractivity contribution in [1.82, 2.24) is 14.9 Å². The maximum atomic E-state index is 5.64. The van der Waals surface area contributed by atoms with Gasteiger partial charge in [0, 0.05) is 37.4 Å². The Morgan fingerprint density at radius 2 is 2.19 bits per heavy atom. The monoisotopic (exact) mass is 221 g/mol. The van der Waals surface area contributed by atoms with Crippen LogP contribution < -0.4 is 10.6 Å². The van der Waals surface area contributed by atoms with Crippen molar-refractivity contribution in [2.75, 3.05) is 37.3 Å². The number of rotatable bonds is 1. The average molecular weight is 221 g/mol. The molecule has 0 spiro atoms. The molecule has 0 amide bonds. The zero-order valence-corrected chi connectivity index (χ0v) is 10.1. The molecule has 2 N–H and O–H groups in total. The number of aromatic nitrogens is 2. The lowest BCUT2D eigenvalue weighted by molar-refractivity contribution is 0.233. The van der Waals surface area contributed by atoms with E-state index in [0.29, 0.717) is 12.0 Å². The molecule has 0 saturated carbocycles. The molecule has 0 radical (unpaired) electrons. The fourth-order valence-corrected chi connectivity index (χ4v) is 2.01. The Morgan fingerprint density at radius 1 is 1.44 bits per heavy atom. The van der Waals surface area contributed by atoms with E-state index in [4.69, 9.17) is 5.73 Å². The summed E-state index contributed by atoms with van der Waals surface area (Å²) >= 11 is 0. The van der Waals surface area contributed by atoms with Crippen LogP contribution in [-0.2, 0) is 0 Å². The fourth-order valence-electron chi connectivity index (χ4n) is 2.01. The predicted octanol–water partition coefficient (Wildman–Crippen LogP) is 0.508. The number of hydrogen-bond donors (Lipinski definition) is 1. The molecule has 1 aliphatic heterocycles. The van der Waals surface area contributed by atoms with Gasteiger partial charge >= 0.3 is 0 Å². The van der Waals surface area contributed by atoms with Crippen LogP contribution in [0.1, 0.15) is 12.5 Å². The van der Waals surface area contributed by atoms with E-state index < -0.39 is 0 Å². The van der Waals surface area contributed by atoms with Crippen molar-refractivity contribution < 1.29 is 0 Å². The van der Waals surface area contributed by atoms with Gasteiger partial charge in [-0.25, -0.2) is 4.98 Å². The summed E-state index contributed by atoms with van der Waals surface area (Å²) in [6.45, 7) is 7.31. The van der Waals surface area contributed by atoms with Crippen molar-refractivity contribution in [3.8, 4) is 0 Å². The summed E-state index contributed by atoms with van der Waals surface area (Å²) in [4.78, 5) is 13.0. The molecule has 1 aromatic rings. The molecule has 88 valence electrons. The Balaban J connectivity index is 2.21. The summed E-state index contributed by atoms with van der Waals surface area (Å²) in [6.07, 6.45) is 1.79. The summed E-state index contributed by atoms with van der Waals surface area (Å²) < 4.78 is 0. The molecule has 0 aromatic carbocycles. The van der Waals surface area contributed by atoms with E-state index in [0.717, 1.165) is 31.0 Å². The summed E-state index contributed by atoms with van der Waals surface area (Å²) in [7, 11) is 2.16. The lowest BCUT2D eigenvalue weighted by Crippen LogP contribution is -2.50. The minimum absolute atomic E-state index is 0.354. The largest absolute Gasteiger partial charge is 0.368 e. The van der Waals surface area contributed by atoms with Gasteiger partial charge in [-0.3, -0.25) is 0 Å². The van der Waals surface area contributed by atoms with E-state index in [1.54, 1.807) is 6.20 Å². The first-order valence-electron chi connectivity index (χ1n) is 5.62. The number of aryl methyl sites for hydroxylation is 1.